The number of nitrogens with one attached hydrogen (secondary N) is 1. The Labute approximate surface area is 117 Å². The van der Waals surface area contributed by atoms with E-state index in [-0.39, 0.29) is 5.56 Å². The van der Waals surface area contributed by atoms with Crippen molar-refractivity contribution in [3.8, 4) is 0 Å². The minimum absolute atomic E-state index is 0.0150. The van der Waals surface area contributed by atoms with Crippen LogP contribution in [0.2, 0.25) is 0 Å². The van der Waals surface area contributed by atoms with Gasteiger partial charge in [-0.15, -0.1) is 0 Å². The van der Waals surface area contributed by atoms with Crippen LogP contribution in [0.25, 0.3) is 0 Å². The van der Waals surface area contributed by atoms with Crippen molar-refractivity contribution >= 4 is 11.7 Å². The lowest BCUT2D eigenvalue weighted by atomic mass is 10.1. The van der Waals surface area contributed by atoms with E-state index in [1.807, 2.05) is 0 Å². The average Bonchev–Trinajstić information content (AvgIpc) is 3.05. The molecule has 5 heteroatoms. The molecule has 1 N–H and O–H groups in total. The SMILES string of the molecule is COC(=O)c1cc(NC2CCN3CCCC23)ccc1F. The topological polar surface area (TPSA) is 41.6 Å². The predicted molar refractivity (Wildman–Crippen MR) is 74.4 cm³/mol. The summed E-state index contributed by atoms with van der Waals surface area (Å²) in [5, 5.41) is 3.44. The van der Waals surface area contributed by atoms with E-state index < -0.39 is 11.8 Å². The summed E-state index contributed by atoms with van der Waals surface area (Å²) in [7, 11) is 1.26. The van der Waals surface area contributed by atoms with Crippen molar-refractivity contribution in [1.29, 1.82) is 0 Å². The van der Waals surface area contributed by atoms with Crippen molar-refractivity contribution in [3.05, 3.63) is 29.6 Å². The Morgan fingerprint density at radius 2 is 2.25 bits per heavy atom. The maximum Gasteiger partial charge on any atom is 0.340 e. The van der Waals surface area contributed by atoms with Crippen LogP contribution < -0.4 is 5.32 Å². The molecule has 1 aromatic carbocycles. The third-order valence-electron chi connectivity index (χ3n) is 4.33. The molecule has 2 heterocycles. The van der Waals surface area contributed by atoms with Crippen LogP contribution in [0, 0.1) is 5.82 Å². The van der Waals surface area contributed by atoms with Crippen molar-refractivity contribution in [2.75, 3.05) is 25.5 Å². The third kappa shape index (κ3) is 2.38. The van der Waals surface area contributed by atoms with E-state index in [0.717, 1.165) is 18.7 Å². The van der Waals surface area contributed by atoms with Gasteiger partial charge in [-0.05, 0) is 44.0 Å². The third-order valence-corrected chi connectivity index (χ3v) is 4.33. The van der Waals surface area contributed by atoms with Crippen molar-refractivity contribution in [2.24, 2.45) is 0 Å². The molecule has 0 aliphatic carbocycles. The van der Waals surface area contributed by atoms with Crippen molar-refractivity contribution in [1.82, 2.24) is 4.90 Å². The highest BCUT2D eigenvalue weighted by Crippen LogP contribution is 2.30. The number of nitrogens with zero attached hydrogens (tertiary/aromatic N) is 1. The summed E-state index contributed by atoms with van der Waals surface area (Å²) in [6, 6.07) is 5.49. The highest BCUT2D eigenvalue weighted by Gasteiger charge is 2.37. The largest absolute Gasteiger partial charge is 0.465 e. The average molecular weight is 278 g/mol. The summed E-state index contributed by atoms with van der Waals surface area (Å²) in [5.41, 5.74) is 0.768. The van der Waals surface area contributed by atoms with E-state index in [4.69, 9.17) is 0 Å². The quantitative estimate of drug-likeness (QED) is 0.861. The first-order valence-electron chi connectivity index (χ1n) is 7.07. The van der Waals surface area contributed by atoms with E-state index in [2.05, 4.69) is 15.0 Å². The second kappa shape index (κ2) is 5.40. The number of hydrogen-bond acceptors (Lipinski definition) is 4. The summed E-state index contributed by atoms with van der Waals surface area (Å²) in [6.07, 6.45) is 3.55. The zero-order valence-electron chi connectivity index (χ0n) is 11.6. The van der Waals surface area contributed by atoms with Gasteiger partial charge in [0.1, 0.15) is 5.82 Å². The molecule has 2 unspecified atom stereocenters. The molecule has 108 valence electrons. The molecule has 0 radical (unpaired) electrons. The first-order chi connectivity index (χ1) is 9.69. The molecule has 0 saturated carbocycles. The Kier molecular flexibility index (Phi) is 3.61. The molecule has 2 aliphatic heterocycles. The predicted octanol–water partition coefficient (Wildman–Crippen LogP) is 2.26. The maximum atomic E-state index is 13.6. The first kappa shape index (κ1) is 13.4. The fourth-order valence-electron chi connectivity index (χ4n) is 3.35. The van der Waals surface area contributed by atoms with Crippen molar-refractivity contribution in [2.45, 2.75) is 31.3 Å². The zero-order valence-corrected chi connectivity index (χ0v) is 11.6. The van der Waals surface area contributed by atoms with Gasteiger partial charge in [-0.2, -0.15) is 0 Å². The summed E-state index contributed by atoms with van der Waals surface area (Å²) in [6.45, 7) is 2.30. The molecule has 4 nitrogen and oxygen atoms in total. The zero-order chi connectivity index (χ0) is 14.1. The van der Waals surface area contributed by atoms with Crippen LogP contribution >= 0.6 is 0 Å². The first-order valence-corrected chi connectivity index (χ1v) is 7.07. The fourth-order valence-corrected chi connectivity index (χ4v) is 3.35. The lowest BCUT2D eigenvalue weighted by Crippen LogP contribution is -2.33. The number of methoxy groups -OCH3 is 1. The van der Waals surface area contributed by atoms with Crippen LogP contribution in [0.4, 0.5) is 10.1 Å². The Bertz CT molecular complexity index is 521. The summed E-state index contributed by atoms with van der Waals surface area (Å²) in [4.78, 5) is 14.0. The van der Waals surface area contributed by atoms with Gasteiger partial charge in [-0.3, -0.25) is 4.90 Å². The van der Waals surface area contributed by atoms with E-state index in [9.17, 15) is 9.18 Å². The molecule has 2 aliphatic rings. The number of benzene rings is 1. The molecule has 0 spiro atoms. The number of ether oxygens (including phenoxy) is 1. The van der Waals surface area contributed by atoms with Gasteiger partial charge < -0.3 is 10.1 Å². The Morgan fingerprint density at radius 3 is 3.05 bits per heavy atom. The van der Waals surface area contributed by atoms with Gasteiger partial charge in [-0.1, -0.05) is 0 Å². The van der Waals surface area contributed by atoms with Gasteiger partial charge in [0, 0.05) is 24.3 Å². The Morgan fingerprint density at radius 1 is 1.40 bits per heavy atom. The molecule has 1 aromatic rings. The normalized spacial score (nSPS) is 25.5. The molecular weight excluding hydrogens is 259 g/mol. The molecule has 3 rings (SSSR count). The summed E-state index contributed by atoms with van der Waals surface area (Å²) >= 11 is 0. The number of carbonyl (C=O) groups excluding carboxylic acids is 1. The molecular formula is C15H19FN2O2. The molecule has 0 aromatic heterocycles. The van der Waals surface area contributed by atoms with Gasteiger partial charge in [0.15, 0.2) is 0 Å². The highest BCUT2D eigenvalue weighted by atomic mass is 19.1. The monoisotopic (exact) mass is 278 g/mol. The number of carbonyl (C=O) groups is 1. The lowest BCUT2D eigenvalue weighted by Gasteiger charge is -2.22. The smallest absolute Gasteiger partial charge is 0.340 e. The van der Waals surface area contributed by atoms with Crippen molar-refractivity contribution < 1.29 is 13.9 Å². The Balaban J connectivity index is 1.76. The number of esters is 1. The number of anilines is 1. The summed E-state index contributed by atoms with van der Waals surface area (Å²) in [5.74, 6) is -1.18. The lowest BCUT2D eigenvalue weighted by molar-refractivity contribution is 0.0595. The number of hydrogen-bond donors (Lipinski definition) is 1. The number of fused-ring (bicyclic) bond motifs is 1. The minimum Gasteiger partial charge on any atom is -0.465 e. The van der Waals surface area contributed by atoms with Crippen LogP contribution in [-0.4, -0.2) is 43.2 Å². The molecule has 2 atom stereocenters. The van der Waals surface area contributed by atoms with E-state index in [1.54, 1.807) is 12.1 Å². The molecule has 2 saturated heterocycles. The molecule has 0 bridgehead atoms. The van der Waals surface area contributed by atoms with Crippen LogP contribution in [0.5, 0.6) is 0 Å². The number of halogens is 1. The van der Waals surface area contributed by atoms with Gasteiger partial charge in [0.05, 0.1) is 12.7 Å². The van der Waals surface area contributed by atoms with E-state index >= 15 is 0 Å². The molecule has 2 fully saturated rings. The molecule has 0 amide bonds. The molecule has 20 heavy (non-hydrogen) atoms. The highest BCUT2D eigenvalue weighted by molar-refractivity contribution is 5.90. The van der Waals surface area contributed by atoms with E-state index in [0.29, 0.717) is 12.1 Å². The standard InChI is InChI=1S/C15H19FN2O2/c1-20-15(19)11-9-10(4-5-12(11)16)17-13-6-8-18-7-2-3-14(13)18/h4-5,9,13-14,17H,2-3,6-8H2,1H3. The van der Waals surface area contributed by atoms with Crippen LogP contribution in [0.3, 0.4) is 0 Å². The van der Waals surface area contributed by atoms with Gasteiger partial charge in [0.2, 0.25) is 0 Å². The second-order valence-electron chi connectivity index (χ2n) is 5.47. The number of rotatable bonds is 3. The fraction of sp³-hybridized carbons (Fsp3) is 0.533. The van der Waals surface area contributed by atoms with Gasteiger partial charge in [-0.25, -0.2) is 9.18 Å². The maximum absolute atomic E-state index is 13.6. The summed E-state index contributed by atoms with van der Waals surface area (Å²) < 4.78 is 18.2. The van der Waals surface area contributed by atoms with Gasteiger partial charge in [0.25, 0.3) is 0 Å². The van der Waals surface area contributed by atoms with E-state index in [1.165, 1.54) is 32.6 Å². The van der Waals surface area contributed by atoms with Crippen LogP contribution in [-0.2, 0) is 4.74 Å². The minimum atomic E-state index is -0.639. The second-order valence-corrected chi connectivity index (χ2v) is 5.47. The Hall–Kier alpha value is -1.62. The van der Waals surface area contributed by atoms with Crippen LogP contribution in [0.15, 0.2) is 18.2 Å². The van der Waals surface area contributed by atoms with Crippen molar-refractivity contribution in [3.63, 3.8) is 0 Å². The van der Waals surface area contributed by atoms with Gasteiger partial charge >= 0.3 is 5.97 Å². The van der Waals surface area contributed by atoms with Crippen LogP contribution in [0.1, 0.15) is 29.6 Å².